The minimum absolute atomic E-state index is 0.0522. The number of hydrogen-bond donors (Lipinski definition) is 0. The van der Waals surface area contributed by atoms with Gasteiger partial charge in [-0.25, -0.2) is 8.78 Å². The van der Waals surface area contributed by atoms with Gasteiger partial charge in [0.05, 0.1) is 0 Å². The van der Waals surface area contributed by atoms with E-state index in [0.29, 0.717) is 12.0 Å². The lowest BCUT2D eigenvalue weighted by molar-refractivity contribution is 0.343. The minimum Gasteiger partial charge on any atom is -0.204 e. The fraction of sp³-hybridized carbons (Fsp3) is 0.538. The van der Waals surface area contributed by atoms with Crippen LogP contribution in [-0.2, 0) is 6.42 Å². The zero-order valence-corrected chi connectivity index (χ0v) is 13.0. The molecule has 0 aliphatic heterocycles. The molecule has 0 aromatic heterocycles. The maximum absolute atomic E-state index is 13.6. The zero-order chi connectivity index (χ0) is 12.9. The van der Waals surface area contributed by atoms with Crippen LogP contribution in [0.2, 0.25) is 0 Å². The van der Waals surface area contributed by atoms with Gasteiger partial charge in [0.15, 0.2) is 11.6 Å². The van der Waals surface area contributed by atoms with Crippen molar-refractivity contribution < 1.29 is 8.78 Å². The van der Waals surface area contributed by atoms with E-state index < -0.39 is 11.6 Å². The molecular formula is C13H16Br2F2. The normalized spacial score (nSPS) is 11.8. The molecule has 0 nitrogen and oxygen atoms in total. The Morgan fingerprint density at radius 3 is 2.35 bits per heavy atom. The molecule has 0 N–H and O–H groups in total. The van der Waals surface area contributed by atoms with Crippen molar-refractivity contribution in [2.24, 2.45) is 5.41 Å². The average Bonchev–Trinajstić information content (AvgIpc) is 2.34. The quantitative estimate of drug-likeness (QED) is 0.613. The Hall–Kier alpha value is 0.0400. The van der Waals surface area contributed by atoms with E-state index >= 15 is 0 Å². The van der Waals surface area contributed by atoms with Gasteiger partial charge in [0.25, 0.3) is 0 Å². The highest BCUT2D eigenvalue weighted by molar-refractivity contribution is 9.09. The third kappa shape index (κ3) is 3.75. The number of benzene rings is 1. The van der Waals surface area contributed by atoms with Crippen LogP contribution in [0.4, 0.5) is 8.78 Å². The van der Waals surface area contributed by atoms with Crippen LogP contribution in [-0.4, -0.2) is 10.7 Å². The van der Waals surface area contributed by atoms with Crippen LogP contribution in [0.3, 0.4) is 0 Å². The Labute approximate surface area is 118 Å². The molecule has 0 aliphatic rings. The summed E-state index contributed by atoms with van der Waals surface area (Å²) in [6.45, 7) is 2.10. The first-order chi connectivity index (χ1) is 8.08. The molecule has 1 rings (SSSR count). The van der Waals surface area contributed by atoms with E-state index in [1.54, 1.807) is 12.1 Å². The lowest BCUT2D eigenvalue weighted by Crippen LogP contribution is -2.28. The lowest BCUT2D eigenvalue weighted by atomic mass is 9.81. The number of halogens is 4. The van der Waals surface area contributed by atoms with Crippen LogP contribution < -0.4 is 0 Å². The van der Waals surface area contributed by atoms with Gasteiger partial charge in [-0.2, -0.15) is 0 Å². The molecular weight excluding hydrogens is 354 g/mol. The molecule has 0 amide bonds. The summed E-state index contributed by atoms with van der Waals surface area (Å²) in [6.07, 6.45) is 2.54. The van der Waals surface area contributed by atoms with Crippen molar-refractivity contribution in [3.63, 3.8) is 0 Å². The summed E-state index contributed by atoms with van der Waals surface area (Å²) < 4.78 is 26.8. The summed E-state index contributed by atoms with van der Waals surface area (Å²) >= 11 is 6.98. The fourth-order valence-electron chi connectivity index (χ4n) is 1.97. The Balaban J connectivity index is 2.97. The highest BCUT2D eigenvalue weighted by Gasteiger charge is 2.28. The van der Waals surface area contributed by atoms with Crippen LogP contribution in [0, 0.1) is 17.0 Å². The first-order valence-corrected chi connectivity index (χ1v) is 7.87. The number of rotatable bonds is 6. The second kappa shape index (κ2) is 6.83. The Bertz CT molecular complexity index is 362. The van der Waals surface area contributed by atoms with E-state index in [2.05, 4.69) is 38.8 Å². The topological polar surface area (TPSA) is 0 Å². The second-order valence-corrected chi connectivity index (χ2v) is 5.53. The molecule has 0 fully saturated rings. The zero-order valence-electron chi connectivity index (χ0n) is 9.78. The van der Waals surface area contributed by atoms with Crippen LogP contribution >= 0.6 is 31.9 Å². The summed E-state index contributed by atoms with van der Waals surface area (Å²) in [7, 11) is 0. The minimum atomic E-state index is -0.767. The molecule has 0 aliphatic carbocycles. The lowest BCUT2D eigenvalue weighted by Gasteiger charge is -2.30. The van der Waals surface area contributed by atoms with E-state index in [-0.39, 0.29) is 5.41 Å². The molecule has 1 aromatic rings. The van der Waals surface area contributed by atoms with Gasteiger partial charge < -0.3 is 0 Å². The number of alkyl halides is 2. The standard InChI is InChI=1S/C13H16Br2F2/c1-2-6-13(8-14,9-15)7-10-4-3-5-11(16)12(10)17/h3-5H,2,6-9H2,1H3. The largest absolute Gasteiger partial charge is 0.204 e. The van der Waals surface area contributed by atoms with Gasteiger partial charge in [-0.3, -0.25) is 0 Å². The molecule has 0 unspecified atom stereocenters. The van der Waals surface area contributed by atoms with Crippen molar-refractivity contribution >= 4 is 31.9 Å². The van der Waals surface area contributed by atoms with Crippen molar-refractivity contribution in [3.05, 3.63) is 35.4 Å². The summed E-state index contributed by atoms with van der Waals surface area (Å²) in [5.41, 5.74) is 0.404. The van der Waals surface area contributed by atoms with Crippen molar-refractivity contribution in [2.45, 2.75) is 26.2 Å². The van der Waals surface area contributed by atoms with E-state index in [0.717, 1.165) is 29.6 Å². The Morgan fingerprint density at radius 1 is 1.18 bits per heavy atom. The smallest absolute Gasteiger partial charge is 0.162 e. The van der Waals surface area contributed by atoms with E-state index in [4.69, 9.17) is 0 Å². The van der Waals surface area contributed by atoms with Crippen molar-refractivity contribution in [2.75, 3.05) is 10.7 Å². The molecule has 0 saturated carbocycles. The van der Waals surface area contributed by atoms with Crippen molar-refractivity contribution in [3.8, 4) is 0 Å². The predicted molar refractivity (Wildman–Crippen MR) is 75.0 cm³/mol. The first kappa shape index (κ1) is 15.1. The molecule has 0 saturated heterocycles. The van der Waals surface area contributed by atoms with Crippen LogP contribution in [0.15, 0.2) is 18.2 Å². The average molecular weight is 370 g/mol. The van der Waals surface area contributed by atoms with E-state index in [9.17, 15) is 8.78 Å². The Kier molecular flexibility index (Phi) is 6.07. The maximum atomic E-state index is 13.6. The SMILES string of the molecule is CCCC(CBr)(CBr)Cc1cccc(F)c1F. The van der Waals surface area contributed by atoms with Gasteiger partial charge in [-0.1, -0.05) is 57.3 Å². The Morgan fingerprint density at radius 2 is 1.82 bits per heavy atom. The molecule has 0 atom stereocenters. The molecule has 0 bridgehead atoms. The molecule has 0 spiro atoms. The highest BCUT2D eigenvalue weighted by atomic mass is 79.9. The van der Waals surface area contributed by atoms with Crippen molar-refractivity contribution in [1.29, 1.82) is 0 Å². The maximum Gasteiger partial charge on any atom is 0.162 e. The first-order valence-electron chi connectivity index (χ1n) is 5.63. The highest BCUT2D eigenvalue weighted by Crippen LogP contribution is 2.34. The summed E-state index contributed by atoms with van der Waals surface area (Å²) in [5.74, 6) is -1.48. The third-order valence-corrected chi connectivity index (χ3v) is 5.32. The van der Waals surface area contributed by atoms with Crippen molar-refractivity contribution in [1.82, 2.24) is 0 Å². The molecule has 0 radical (unpaired) electrons. The molecule has 96 valence electrons. The van der Waals surface area contributed by atoms with Gasteiger partial charge >= 0.3 is 0 Å². The molecule has 4 heteroatoms. The predicted octanol–water partition coefficient (Wildman–Crippen LogP) is 5.08. The summed E-state index contributed by atoms with van der Waals surface area (Å²) in [4.78, 5) is 0. The van der Waals surface area contributed by atoms with Gasteiger partial charge in [0, 0.05) is 10.7 Å². The second-order valence-electron chi connectivity index (χ2n) is 4.41. The van der Waals surface area contributed by atoms with Crippen LogP contribution in [0.25, 0.3) is 0 Å². The summed E-state index contributed by atoms with van der Waals surface area (Å²) in [6, 6.07) is 4.38. The van der Waals surface area contributed by atoms with Crippen LogP contribution in [0.1, 0.15) is 25.3 Å². The van der Waals surface area contributed by atoms with Gasteiger partial charge in [-0.05, 0) is 29.9 Å². The molecule has 1 aromatic carbocycles. The third-order valence-electron chi connectivity index (χ3n) is 2.94. The van der Waals surface area contributed by atoms with Crippen LogP contribution in [0.5, 0.6) is 0 Å². The van der Waals surface area contributed by atoms with Gasteiger partial charge in [-0.15, -0.1) is 0 Å². The molecule has 17 heavy (non-hydrogen) atoms. The van der Waals surface area contributed by atoms with Gasteiger partial charge in [0.1, 0.15) is 0 Å². The molecule has 0 heterocycles. The van der Waals surface area contributed by atoms with E-state index in [1.807, 2.05) is 0 Å². The monoisotopic (exact) mass is 368 g/mol. The summed E-state index contributed by atoms with van der Waals surface area (Å²) in [5, 5.41) is 1.55. The fourth-order valence-corrected chi connectivity index (χ4v) is 3.86. The number of hydrogen-bond acceptors (Lipinski definition) is 0. The van der Waals surface area contributed by atoms with E-state index in [1.165, 1.54) is 0 Å². The van der Waals surface area contributed by atoms with Gasteiger partial charge in [0.2, 0.25) is 0 Å².